The zero-order valence-electron chi connectivity index (χ0n) is 32.8. The van der Waals surface area contributed by atoms with E-state index in [-0.39, 0.29) is 156 Å². The topological polar surface area (TPSA) is 330 Å². The lowest BCUT2D eigenvalue weighted by molar-refractivity contribution is 0.0685. The van der Waals surface area contributed by atoms with E-state index in [1.54, 1.807) is 9.80 Å². The number of rotatable bonds is 10. The number of carboxylic acids is 4. The average Bonchev–Trinajstić information content (AvgIpc) is 3.23. The second kappa shape index (κ2) is 17.9. The number of aromatic nitrogens is 5. The maximum atomic E-state index is 13.9. The molecule has 5 aromatic rings. The molecule has 0 aliphatic carbocycles. The minimum absolute atomic E-state index is 0.00927. The maximum absolute atomic E-state index is 13.9. The summed E-state index contributed by atoms with van der Waals surface area (Å²) in [4.78, 5) is 105. The van der Waals surface area contributed by atoms with Crippen molar-refractivity contribution in [3.8, 4) is 22.8 Å². The van der Waals surface area contributed by atoms with Crippen LogP contribution in [0, 0.1) is 0 Å². The molecule has 318 valence electrons. The molecule has 0 atom stereocenters. The second-order valence-corrected chi connectivity index (χ2v) is 14.5. The van der Waals surface area contributed by atoms with Gasteiger partial charge in [0.1, 0.15) is 0 Å². The summed E-state index contributed by atoms with van der Waals surface area (Å²) >= 11 is 0. The fourth-order valence-corrected chi connectivity index (χ4v) is 7.16. The van der Waals surface area contributed by atoms with Crippen molar-refractivity contribution in [2.24, 2.45) is 11.5 Å². The highest BCUT2D eigenvalue weighted by Gasteiger charge is 2.28. The highest BCUT2D eigenvalue weighted by atomic mass is 16.4. The summed E-state index contributed by atoms with van der Waals surface area (Å²) in [7, 11) is 0. The Morgan fingerprint density at radius 2 is 0.742 bits per heavy atom. The lowest BCUT2D eigenvalue weighted by Crippen LogP contribution is -2.35. The summed E-state index contributed by atoms with van der Waals surface area (Å²) in [6, 6.07) is 11.7. The Morgan fingerprint density at radius 3 is 1.00 bits per heavy atom. The largest absolute Gasteiger partial charge is 0.478 e. The molecule has 10 N–H and O–H groups in total. The number of carbonyl (C=O) groups excluding carboxylic acids is 2. The second-order valence-electron chi connectivity index (χ2n) is 14.5. The Balaban J connectivity index is 1.58. The number of pyridine rings is 5. The Bertz CT molecular complexity index is 2370. The number of nitrogens with two attached hydrogens (primary N) is 2. The molecule has 0 aromatic carbocycles. The van der Waals surface area contributed by atoms with Crippen LogP contribution in [0.15, 0.2) is 54.6 Å². The van der Waals surface area contributed by atoms with Crippen molar-refractivity contribution in [2.45, 2.75) is 39.3 Å². The van der Waals surface area contributed by atoms with Gasteiger partial charge in [0.15, 0.2) is 0 Å². The summed E-state index contributed by atoms with van der Waals surface area (Å²) in [5.41, 5.74) is 11.7. The van der Waals surface area contributed by atoms with Crippen molar-refractivity contribution in [1.82, 2.24) is 45.4 Å². The molecular formula is C41H39N11O10. The fourth-order valence-electron chi connectivity index (χ4n) is 7.16. The Hall–Kier alpha value is -7.59. The van der Waals surface area contributed by atoms with Crippen molar-refractivity contribution in [1.29, 1.82) is 0 Å². The van der Waals surface area contributed by atoms with Gasteiger partial charge < -0.3 is 42.5 Å². The molecular weight excluding hydrogens is 807 g/mol. The van der Waals surface area contributed by atoms with E-state index in [0.29, 0.717) is 0 Å². The molecule has 7 rings (SSSR count). The lowest BCUT2D eigenvalue weighted by atomic mass is 10.0. The normalized spacial score (nSPS) is 15.5. The van der Waals surface area contributed by atoms with Crippen LogP contribution in [0.25, 0.3) is 22.8 Å². The molecule has 7 heterocycles. The highest BCUT2D eigenvalue weighted by molar-refractivity contribution is 6.01. The molecule has 0 radical (unpaired) electrons. The zero-order valence-corrected chi connectivity index (χ0v) is 32.8. The van der Waals surface area contributed by atoms with Gasteiger partial charge >= 0.3 is 23.9 Å². The summed E-state index contributed by atoms with van der Waals surface area (Å²) in [6.07, 6.45) is 0. The Morgan fingerprint density at radius 1 is 0.452 bits per heavy atom. The van der Waals surface area contributed by atoms with Crippen LogP contribution in [-0.4, -0.2) is 117 Å². The number of nitrogens with zero attached hydrogens (tertiary/aromatic N) is 7. The lowest BCUT2D eigenvalue weighted by Gasteiger charge is -2.25. The van der Waals surface area contributed by atoms with Gasteiger partial charge in [0, 0.05) is 65.4 Å². The molecule has 0 saturated carbocycles. The molecule has 0 unspecified atom stereocenters. The highest BCUT2D eigenvalue weighted by Crippen LogP contribution is 2.28. The van der Waals surface area contributed by atoms with E-state index in [4.69, 9.17) is 36.4 Å². The number of amides is 2. The maximum Gasteiger partial charge on any atom is 0.335 e. The van der Waals surface area contributed by atoms with Gasteiger partial charge in [-0.25, -0.2) is 39.1 Å². The Labute approximate surface area is 351 Å². The molecule has 0 spiro atoms. The third-order valence-electron chi connectivity index (χ3n) is 9.84. The van der Waals surface area contributed by atoms with Gasteiger partial charge in [0.05, 0.1) is 90.3 Å². The summed E-state index contributed by atoms with van der Waals surface area (Å²) in [5.74, 6) is -6.49. The molecule has 0 fully saturated rings. The van der Waals surface area contributed by atoms with E-state index >= 15 is 0 Å². The van der Waals surface area contributed by atoms with Crippen LogP contribution in [0.4, 0.5) is 0 Å². The van der Waals surface area contributed by atoms with E-state index in [1.165, 1.54) is 54.6 Å². The predicted octanol–water partition coefficient (Wildman–Crippen LogP) is 1.20. The number of carbonyl (C=O) groups is 6. The zero-order chi connectivity index (χ0) is 44.2. The fraction of sp³-hybridized carbons (Fsp3) is 0.244. The summed E-state index contributed by atoms with van der Waals surface area (Å²) < 4.78 is 0. The van der Waals surface area contributed by atoms with Gasteiger partial charge in [-0.15, -0.1) is 0 Å². The molecule has 2 aliphatic rings. The molecule has 12 bridgehead atoms. The quantitative estimate of drug-likeness (QED) is 0.0979. The number of fused-ring (bicyclic) bond motifs is 12. The van der Waals surface area contributed by atoms with Gasteiger partial charge in [-0.2, -0.15) is 0 Å². The van der Waals surface area contributed by atoms with E-state index in [1.807, 2.05) is 0 Å². The first kappa shape index (κ1) is 42.5. The summed E-state index contributed by atoms with van der Waals surface area (Å²) in [6.45, 7) is -0.773. The van der Waals surface area contributed by atoms with Gasteiger partial charge in [0.2, 0.25) is 0 Å². The number of hydrogen-bond acceptors (Lipinski definition) is 15. The molecule has 2 aliphatic heterocycles. The van der Waals surface area contributed by atoms with Crippen LogP contribution in [0.1, 0.15) is 96.3 Å². The first-order valence-corrected chi connectivity index (χ1v) is 19.1. The van der Waals surface area contributed by atoms with Crippen LogP contribution in [-0.2, 0) is 39.3 Å². The first-order valence-electron chi connectivity index (χ1n) is 19.1. The van der Waals surface area contributed by atoms with Gasteiger partial charge in [-0.1, -0.05) is 0 Å². The monoisotopic (exact) mass is 845 g/mol. The van der Waals surface area contributed by atoms with Crippen LogP contribution < -0.4 is 22.1 Å². The first-order chi connectivity index (χ1) is 29.7. The predicted molar refractivity (Wildman–Crippen MR) is 216 cm³/mol. The van der Waals surface area contributed by atoms with Crippen LogP contribution in [0.5, 0.6) is 0 Å². The molecule has 2 amide bonds. The molecule has 0 saturated heterocycles. The van der Waals surface area contributed by atoms with E-state index < -0.39 is 35.7 Å². The minimum Gasteiger partial charge on any atom is -0.478 e. The summed E-state index contributed by atoms with van der Waals surface area (Å²) in [5, 5.41) is 46.3. The third-order valence-corrected chi connectivity index (χ3v) is 9.84. The number of carboxylic acid groups (broad SMARTS) is 4. The minimum atomic E-state index is -1.31. The molecule has 21 heteroatoms. The van der Waals surface area contributed by atoms with Gasteiger partial charge in [-0.3, -0.25) is 24.4 Å². The van der Waals surface area contributed by atoms with Crippen molar-refractivity contribution in [3.63, 3.8) is 0 Å². The standard InChI is InChI=1S/C41H39N11O10/c42-1-3-44-36(53)28-13-29(37(54)45-4-2-43)35-19-52-16-26-7-22(40(59)60)11-32(48-26)30-9-20(38(55)56)5-24(46-30)14-51(18-34(28)50-35)15-25-6-21(39(57)58)10-31(47-25)33-12-23(41(61)62)8-27(17-52)49-33/h5-13H,1-4,14-19,42-43H2,(H,44,53)(H,45,54)(H,55,56)(H,57,58)(H,59,60)(H,61,62). The van der Waals surface area contributed by atoms with Crippen LogP contribution >= 0.6 is 0 Å². The SMILES string of the molecule is NCCNC(=O)c1cc(C(=O)NCCN)c2nc1CN1Cc3cc(C(=O)O)cc(n3)-c3cc(C(=O)O)cc(n3)CN(Cc3cc(C(=O)O)cc(n3)-c3cc(C(=O)O)cc(n3)C1)C2. The van der Waals surface area contributed by atoms with E-state index in [9.17, 15) is 49.2 Å². The van der Waals surface area contributed by atoms with Crippen molar-refractivity contribution >= 4 is 35.7 Å². The van der Waals surface area contributed by atoms with Gasteiger partial charge in [-0.05, 0) is 54.6 Å². The van der Waals surface area contributed by atoms with Gasteiger partial charge in [0.25, 0.3) is 11.8 Å². The molecule has 62 heavy (non-hydrogen) atoms. The number of hydrogen-bond donors (Lipinski definition) is 8. The molecule has 5 aromatic heterocycles. The Kier molecular flexibility index (Phi) is 12.3. The molecule has 21 nitrogen and oxygen atoms in total. The van der Waals surface area contributed by atoms with E-state index in [2.05, 4.69) is 10.6 Å². The number of aromatic carboxylic acids is 4. The number of nitrogens with one attached hydrogen (secondary N) is 2. The van der Waals surface area contributed by atoms with Crippen LogP contribution in [0.2, 0.25) is 0 Å². The average molecular weight is 846 g/mol. The van der Waals surface area contributed by atoms with Crippen molar-refractivity contribution < 1.29 is 49.2 Å². The van der Waals surface area contributed by atoms with Crippen molar-refractivity contribution in [3.05, 3.63) is 122 Å². The third kappa shape index (κ3) is 9.55. The van der Waals surface area contributed by atoms with Crippen molar-refractivity contribution in [2.75, 3.05) is 26.2 Å². The van der Waals surface area contributed by atoms with E-state index in [0.717, 1.165) is 0 Å². The smallest absolute Gasteiger partial charge is 0.335 e. The van der Waals surface area contributed by atoms with Crippen LogP contribution in [0.3, 0.4) is 0 Å².